The van der Waals surface area contributed by atoms with Crippen molar-refractivity contribution in [2.45, 2.75) is 65.3 Å². The Balaban J connectivity index is 1.45. The minimum Gasteiger partial charge on any atom is -0.481 e. The van der Waals surface area contributed by atoms with E-state index in [1.807, 2.05) is 5.38 Å². The molecule has 31 heavy (non-hydrogen) atoms. The zero-order valence-corrected chi connectivity index (χ0v) is 19.5. The summed E-state index contributed by atoms with van der Waals surface area (Å²) in [6, 6.07) is 6.51. The summed E-state index contributed by atoms with van der Waals surface area (Å²) < 4.78 is 1.16. The van der Waals surface area contributed by atoms with E-state index in [9.17, 15) is 9.59 Å². The van der Waals surface area contributed by atoms with E-state index in [1.54, 1.807) is 11.3 Å². The molecule has 2 aromatic rings. The molecule has 5 heteroatoms. The fourth-order valence-corrected chi connectivity index (χ4v) is 6.67. The summed E-state index contributed by atoms with van der Waals surface area (Å²) in [5.41, 5.74) is 2.31. The molecule has 4 nitrogen and oxygen atoms in total. The molecular formula is C26H33NO3S. The molecule has 0 aliphatic heterocycles. The highest BCUT2D eigenvalue weighted by molar-refractivity contribution is 7.17. The third kappa shape index (κ3) is 4.43. The van der Waals surface area contributed by atoms with Crippen molar-refractivity contribution in [2.24, 2.45) is 23.2 Å². The van der Waals surface area contributed by atoms with Gasteiger partial charge in [0, 0.05) is 27.9 Å². The first-order chi connectivity index (χ1) is 14.8. The number of amides is 1. The molecule has 2 N–H and O–H groups in total. The number of nitrogens with one attached hydrogen (secondary N) is 1. The van der Waals surface area contributed by atoms with Crippen LogP contribution in [0.4, 0.5) is 0 Å². The average Bonchev–Trinajstić information content (AvgIpc) is 3.13. The number of carboxylic acid groups (broad SMARTS) is 1. The van der Waals surface area contributed by atoms with E-state index in [4.69, 9.17) is 5.11 Å². The van der Waals surface area contributed by atoms with Crippen molar-refractivity contribution in [2.75, 3.05) is 0 Å². The first kappa shape index (κ1) is 22.1. The first-order valence-electron chi connectivity index (χ1n) is 11.4. The molecular weight excluding hydrogens is 406 g/mol. The van der Waals surface area contributed by atoms with Gasteiger partial charge in [-0.2, -0.15) is 0 Å². The van der Waals surface area contributed by atoms with Crippen LogP contribution in [0.1, 0.15) is 68.3 Å². The monoisotopic (exact) mass is 439 g/mol. The van der Waals surface area contributed by atoms with Gasteiger partial charge in [0.05, 0.1) is 5.56 Å². The van der Waals surface area contributed by atoms with Crippen LogP contribution in [-0.2, 0) is 4.79 Å². The third-order valence-electron chi connectivity index (χ3n) is 7.74. The molecule has 2 bridgehead atoms. The highest BCUT2D eigenvalue weighted by Gasteiger charge is 2.57. The molecule has 3 saturated carbocycles. The number of aliphatic carboxylic acids is 1. The molecule has 3 aliphatic rings. The lowest BCUT2D eigenvalue weighted by Crippen LogP contribution is -2.61. The van der Waals surface area contributed by atoms with Crippen molar-refractivity contribution < 1.29 is 14.7 Å². The fraction of sp³-hybridized carbons (Fsp3) is 0.538. The molecule has 0 unspecified atom stereocenters. The summed E-state index contributed by atoms with van der Waals surface area (Å²) in [5, 5.41) is 15.2. The molecule has 3 fully saturated rings. The number of thiophene rings is 1. The van der Waals surface area contributed by atoms with Crippen LogP contribution in [0.3, 0.4) is 0 Å². The Morgan fingerprint density at radius 3 is 2.81 bits per heavy atom. The van der Waals surface area contributed by atoms with E-state index in [-0.39, 0.29) is 18.4 Å². The molecule has 0 radical (unpaired) electrons. The number of fused-ring (bicyclic) bond motifs is 3. The van der Waals surface area contributed by atoms with Gasteiger partial charge in [0.25, 0.3) is 5.91 Å². The predicted octanol–water partition coefficient (Wildman–Crippen LogP) is 6.19. The molecule has 4 atom stereocenters. The average molecular weight is 440 g/mol. The Labute approximate surface area is 188 Å². The van der Waals surface area contributed by atoms with Crippen LogP contribution in [0.15, 0.2) is 35.7 Å². The van der Waals surface area contributed by atoms with Gasteiger partial charge in [-0.3, -0.25) is 9.59 Å². The number of hydrogen-bond acceptors (Lipinski definition) is 3. The van der Waals surface area contributed by atoms with Crippen molar-refractivity contribution in [1.29, 1.82) is 0 Å². The van der Waals surface area contributed by atoms with E-state index in [2.05, 4.69) is 56.4 Å². The van der Waals surface area contributed by atoms with Gasteiger partial charge in [-0.05, 0) is 74.3 Å². The van der Waals surface area contributed by atoms with Gasteiger partial charge in [0.1, 0.15) is 0 Å². The summed E-state index contributed by atoms with van der Waals surface area (Å²) >= 11 is 1.63. The summed E-state index contributed by atoms with van der Waals surface area (Å²) in [5.74, 6) is 1.06. The van der Waals surface area contributed by atoms with Gasteiger partial charge in [0.2, 0.25) is 0 Å². The van der Waals surface area contributed by atoms with E-state index in [0.717, 1.165) is 34.9 Å². The number of carboxylic acids is 1. The number of carbonyl (C=O) groups excluding carboxylic acids is 1. The molecule has 0 spiro atoms. The number of hydrogen-bond donors (Lipinski definition) is 2. The number of benzene rings is 1. The van der Waals surface area contributed by atoms with Crippen molar-refractivity contribution in [3.63, 3.8) is 0 Å². The van der Waals surface area contributed by atoms with Gasteiger partial charge < -0.3 is 10.4 Å². The van der Waals surface area contributed by atoms with Crippen LogP contribution in [-0.4, -0.2) is 23.0 Å². The number of aryl methyl sites for hydroxylation is 1. The minimum atomic E-state index is -0.734. The Morgan fingerprint density at radius 1 is 1.26 bits per heavy atom. The van der Waals surface area contributed by atoms with Gasteiger partial charge in [0.15, 0.2) is 0 Å². The standard InChI is InChI=1S/C26H33NO3S/c1-16-10-11-23-19(12-16)20(15-31-23)25(30)27-22-14-17-13-21(26(17,2)3)18(22)8-6-4-5-7-9-24(28)29/h4,6,10-12,15,17-18,21-22H,5,7-9,13-14H2,1-3H3,(H,27,30)(H,28,29)/b6-4-/t17-,18+,21+,22+/m1/s1. The molecule has 166 valence electrons. The second-order valence-electron chi connectivity index (χ2n) is 9.98. The molecule has 3 aliphatic carbocycles. The summed E-state index contributed by atoms with van der Waals surface area (Å²) in [6.45, 7) is 6.82. The lowest BCUT2D eigenvalue weighted by molar-refractivity contribution is -0.137. The van der Waals surface area contributed by atoms with Gasteiger partial charge in [-0.1, -0.05) is 37.6 Å². The van der Waals surface area contributed by atoms with Crippen LogP contribution in [0, 0.1) is 30.1 Å². The van der Waals surface area contributed by atoms with E-state index in [0.29, 0.717) is 29.6 Å². The van der Waals surface area contributed by atoms with Crippen molar-refractivity contribution >= 4 is 33.3 Å². The second-order valence-corrected chi connectivity index (χ2v) is 10.9. The van der Waals surface area contributed by atoms with Crippen molar-refractivity contribution in [3.05, 3.63) is 46.9 Å². The SMILES string of the molecule is Cc1ccc2scc(C(=O)N[C@H]3C[C@H]4C[C@@H]([C@@H]3C/C=C\CCCC(=O)O)C4(C)C)c2c1. The van der Waals surface area contributed by atoms with Crippen molar-refractivity contribution in [3.8, 4) is 0 Å². The number of allylic oxidation sites excluding steroid dienone is 2. The van der Waals surface area contributed by atoms with Gasteiger partial charge in [-0.15, -0.1) is 11.3 Å². The fourth-order valence-electron chi connectivity index (χ4n) is 5.75. The summed E-state index contributed by atoms with van der Waals surface area (Å²) in [6.07, 6.45) is 9.29. The largest absolute Gasteiger partial charge is 0.481 e. The smallest absolute Gasteiger partial charge is 0.303 e. The van der Waals surface area contributed by atoms with Crippen LogP contribution >= 0.6 is 11.3 Å². The van der Waals surface area contributed by atoms with Gasteiger partial charge in [-0.25, -0.2) is 0 Å². The molecule has 0 saturated heterocycles. The Hall–Kier alpha value is -2.14. The summed E-state index contributed by atoms with van der Waals surface area (Å²) in [4.78, 5) is 23.9. The zero-order valence-electron chi connectivity index (χ0n) is 18.7. The molecule has 1 heterocycles. The maximum absolute atomic E-state index is 13.2. The van der Waals surface area contributed by atoms with E-state index < -0.39 is 5.97 Å². The molecule has 1 aromatic heterocycles. The maximum atomic E-state index is 13.2. The Morgan fingerprint density at radius 2 is 2.06 bits per heavy atom. The normalized spacial score (nSPS) is 26.7. The Kier molecular flexibility index (Phi) is 6.25. The van der Waals surface area contributed by atoms with Gasteiger partial charge >= 0.3 is 5.97 Å². The predicted molar refractivity (Wildman–Crippen MR) is 127 cm³/mol. The quantitative estimate of drug-likeness (QED) is 0.381. The topological polar surface area (TPSA) is 66.4 Å². The Bertz CT molecular complexity index is 1010. The highest BCUT2D eigenvalue weighted by atomic mass is 32.1. The third-order valence-corrected chi connectivity index (χ3v) is 8.71. The number of rotatable bonds is 8. The highest BCUT2D eigenvalue weighted by Crippen LogP contribution is 2.62. The van der Waals surface area contributed by atoms with Crippen LogP contribution in [0.2, 0.25) is 0 Å². The molecule has 1 aromatic carbocycles. The van der Waals surface area contributed by atoms with Crippen LogP contribution in [0.25, 0.3) is 10.1 Å². The van der Waals surface area contributed by atoms with Crippen LogP contribution < -0.4 is 5.32 Å². The molecule has 5 rings (SSSR count). The minimum absolute atomic E-state index is 0.0522. The number of carbonyl (C=O) groups is 2. The van der Waals surface area contributed by atoms with E-state index in [1.165, 1.54) is 12.0 Å². The van der Waals surface area contributed by atoms with Crippen LogP contribution in [0.5, 0.6) is 0 Å². The maximum Gasteiger partial charge on any atom is 0.303 e. The number of unbranched alkanes of at least 4 members (excludes halogenated alkanes) is 1. The van der Waals surface area contributed by atoms with E-state index >= 15 is 0 Å². The van der Waals surface area contributed by atoms with Crippen molar-refractivity contribution in [1.82, 2.24) is 5.32 Å². The lowest BCUT2D eigenvalue weighted by atomic mass is 9.44. The molecule has 1 amide bonds. The first-order valence-corrected chi connectivity index (χ1v) is 12.3. The summed E-state index contributed by atoms with van der Waals surface area (Å²) in [7, 11) is 0. The second kappa shape index (κ2) is 8.78. The lowest BCUT2D eigenvalue weighted by Gasteiger charge is -2.62. The zero-order chi connectivity index (χ0) is 22.2.